The Morgan fingerprint density at radius 2 is 2.09 bits per heavy atom. The fourth-order valence-electron chi connectivity index (χ4n) is 2.22. The topological polar surface area (TPSA) is 69.7 Å². The third-order valence-corrected chi connectivity index (χ3v) is 3.34. The fourth-order valence-corrected chi connectivity index (χ4v) is 2.22. The molecule has 3 rings (SSSR count). The summed E-state index contributed by atoms with van der Waals surface area (Å²) in [5.74, 6) is 0.305. The van der Waals surface area contributed by atoms with Gasteiger partial charge in [0.25, 0.3) is 0 Å². The lowest BCUT2D eigenvalue weighted by molar-refractivity contribution is 0.0472. The largest absolute Gasteiger partial charge is 0.489 e. The summed E-state index contributed by atoms with van der Waals surface area (Å²) in [5, 5.41) is 3.90. The molecule has 5 nitrogen and oxygen atoms in total. The number of nitrogens with zero attached hydrogens (tertiary/aromatic N) is 2. The molecular weight excluding hydrogens is 321 g/mol. The zero-order valence-corrected chi connectivity index (χ0v) is 13.1. The van der Waals surface area contributed by atoms with Gasteiger partial charge in [0.15, 0.2) is 6.10 Å². The Morgan fingerprint density at radius 1 is 1.26 bits per heavy atom. The van der Waals surface area contributed by atoms with Gasteiger partial charge >= 0.3 is 0 Å². The minimum Gasteiger partial charge on any atom is -0.489 e. The van der Waals surface area contributed by atoms with Crippen molar-refractivity contribution in [1.29, 1.82) is 0 Å². The molecule has 2 N–H and O–H groups in total. The average molecular weight is 338 g/mol. The lowest BCUT2D eigenvalue weighted by Gasteiger charge is -2.13. The number of rotatable bonds is 5. The maximum absolute atomic E-state index is 13.0. The number of hydrogen-bond acceptors (Lipinski definition) is 5. The minimum absolute atomic E-state index is 0. The molecule has 1 unspecified atom stereocenters. The lowest BCUT2D eigenvalue weighted by atomic mass is 10.1. The van der Waals surface area contributed by atoms with Gasteiger partial charge in [-0.15, -0.1) is 12.4 Å². The predicted octanol–water partition coefficient (Wildman–Crippen LogP) is 2.79. The molecule has 0 amide bonds. The second kappa shape index (κ2) is 7.89. The molecule has 0 saturated carbocycles. The van der Waals surface area contributed by atoms with Crippen LogP contribution in [0, 0.1) is 5.82 Å². The van der Waals surface area contributed by atoms with Crippen molar-refractivity contribution < 1.29 is 14.0 Å². The number of pyridine rings is 1. The number of nitrogens with two attached hydrogens (primary N) is 1. The fraction of sp³-hybridized carbons (Fsp3) is 0.250. The van der Waals surface area contributed by atoms with Gasteiger partial charge in [-0.3, -0.25) is 4.98 Å². The number of benzene rings is 1. The van der Waals surface area contributed by atoms with Crippen LogP contribution in [0.3, 0.4) is 0 Å². The van der Waals surface area contributed by atoms with E-state index < -0.39 is 0 Å². The van der Waals surface area contributed by atoms with Crippen LogP contribution in [0.25, 0.3) is 11.3 Å². The van der Waals surface area contributed by atoms with E-state index in [0.717, 1.165) is 11.3 Å². The molecule has 23 heavy (non-hydrogen) atoms. The Labute approximate surface area is 139 Å². The minimum atomic E-state index is -0.368. The Morgan fingerprint density at radius 3 is 2.78 bits per heavy atom. The van der Waals surface area contributed by atoms with Crippen molar-refractivity contribution in [3.05, 3.63) is 48.4 Å². The van der Waals surface area contributed by atoms with E-state index in [9.17, 15) is 4.39 Å². The van der Waals surface area contributed by atoms with E-state index >= 15 is 0 Å². The first-order valence-corrected chi connectivity index (χ1v) is 7.01. The number of oxime groups is 1. The van der Waals surface area contributed by atoms with Gasteiger partial charge in [-0.05, 0) is 24.3 Å². The summed E-state index contributed by atoms with van der Waals surface area (Å²) >= 11 is 0. The molecule has 122 valence electrons. The molecule has 0 bridgehead atoms. The molecule has 0 aliphatic carbocycles. The van der Waals surface area contributed by atoms with Crippen LogP contribution >= 0.6 is 12.4 Å². The summed E-state index contributed by atoms with van der Waals surface area (Å²) in [4.78, 5) is 9.35. The van der Waals surface area contributed by atoms with E-state index in [0.29, 0.717) is 31.0 Å². The monoisotopic (exact) mass is 337 g/mol. The van der Waals surface area contributed by atoms with Gasteiger partial charge in [-0.1, -0.05) is 17.3 Å². The molecule has 0 saturated heterocycles. The Bertz CT molecular complexity index is 679. The molecule has 1 aromatic carbocycles. The van der Waals surface area contributed by atoms with E-state index in [1.165, 1.54) is 12.3 Å². The molecule has 1 aliphatic rings. The summed E-state index contributed by atoms with van der Waals surface area (Å²) in [6.07, 6.45) is 1.73. The van der Waals surface area contributed by atoms with Gasteiger partial charge in [0.05, 0.1) is 17.6 Å². The van der Waals surface area contributed by atoms with Crippen molar-refractivity contribution in [2.75, 3.05) is 13.2 Å². The second-order valence-corrected chi connectivity index (χ2v) is 4.96. The molecular formula is C16H17ClFN3O2. The van der Waals surface area contributed by atoms with E-state index in [-0.39, 0.29) is 24.3 Å². The molecule has 7 heteroatoms. The van der Waals surface area contributed by atoms with Gasteiger partial charge in [0, 0.05) is 18.5 Å². The first-order valence-electron chi connectivity index (χ1n) is 7.01. The third kappa shape index (κ3) is 4.18. The van der Waals surface area contributed by atoms with Crippen LogP contribution in [0.2, 0.25) is 0 Å². The normalized spacial score (nSPS) is 16.3. The van der Waals surface area contributed by atoms with Gasteiger partial charge in [-0.25, -0.2) is 4.39 Å². The molecule has 0 fully saturated rings. The Kier molecular flexibility index (Phi) is 5.90. The van der Waals surface area contributed by atoms with Crippen molar-refractivity contribution in [2.24, 2.45) is 10.9 Å². The van der Waals surface area contributed by atoms with Crippen molar-refractivity contribution in [2.45, 2.75) is 12.5 Å². The summed E-state index contributed by atoms with van der Waals surface area (Å²) in [7, 11) is 0. The highest BCUT2D eigenvalue weighted by Gasteiger charge is 2.21. The standard InChI is InChI=1S/C16H16FN3O2.ClH/c17-11-5-6-15(19-9-11)14-3-1-2-4-16(14)21-10-13-7-12(8-18)20-22-13;/h1-6,9,13H,7-8,10,18H2;1H. The summed E-state index contributed by atoms with van der Waals surface area (Å²) in [6, 6.07) is 10.5. The van der Waals surface area contributed by atoms with Crippen LogP contribution in [-0.4, -0.2) is 30.0 Å². The van der Waals surface area contributed by atoms with Crippen molar-refractivity contribution >= 4 is 18.1 Å². The highest BCUT2D eigenvalue weighted by atomic mass is 35.5. The lowest BCUT2D eigenvalue weighted by Crippen LogP contribution is -2.20. The summed E-state index contributed by atoms with van der Waals surface area (Å²) in [6.45, 7) is 0.762. The quantitative estimate of drug-likeness (QED) is 0.910. The number of hydrogen-bond donors (Lipinski definition) is 1. The van der Waals surface area contributed by atoms with Gasteiger partial charge < -0.3 is 15.3 Å². The van der Waals surface area contributed by atoms with E-state index in [4.69, 9.17) is 15.3 Å². The van der Waals surface area contributed by atoms with Crippen molar-refractivity contribution in [3.8, 4) is 17.0 Å². The van der Waals surface area contributed by atoms with Crippen LogP contribution in [-0.2, 0) is 4.84 Å². The zero-order chi connectivity index (χ0) is 15.4. The highest BCUT2D eigenvalue weighted by molar-refractivity contribution is 5.87. The van der Waals surface area contributed by atoms with E-state index in [1.54, 1.807) is 6.07 Å². The SMILES string of the molecule is Cl.NCC1=NOC(COc2ccccc2-c2ccc(F)cn2)C1. The molecule has 1 aromatic heterocycles. The zero-order valence-electron chi connectivity index (χ0n) is 12.3. The van der Waals surface area contributed by atoms with E-state index in [1.807, 2.05) is 24.3 Å². The Hall–Kier alpha value is -2.18. The molecule has 1 atom stereocenters. The van der Waals surface area contributed by atoms with Crippen molar-refractivity contribution in [3.63, 3.8) is 0 Å². The van der Waals surface area contributed by atoms with Crippen molar-refractivity contribution in [1.82, 2.24) is 4.98 Å². The van der Waals surface area contributed by atoms with Crippen LogP contribution in [0.5, 0.6) is 5.75 Å². The molecule has 2 heterocycles. The molecule has 1 aliphatic heterocycles. The molecule has 0 radical (unpaired) electrons. The van der Waals surface area contributed by atoms with Crippen LogP contribution in [0.1, 0.15) is 6.42 Å². The van der Waals surface area contributed by atoms with Crippen LogP contribution < -0.4 is 10.5 Å². The first kappa shape index (κ1) is 17.2. The molecule has 2 aromatic rings. The second-order valence-electron chi connectivity index (χ2n) is 4.96. The van der Waals surface area contributed by atoms with Gasteiger partial charge in [0.2, 0.25) is 0 Å². The highest BCUT2D eigenvalue weighted by Crippen LogP contribution is 2.28. The number of ether oxygens (including phenoxy) is 1. The third-order valence-electron chi connectivity index (χ3n) is 3.34. The maximum Gasteiger partial charge on any atom is 0.166 e. The predicted molar refractivity (Wildman–Crippen MR) is 88.4 cm³/mol. The van der Waals surface area contributed by atoms with Crippen LogP contribution in [0.15, 0.2) is 47.8 Å². The number of para-hydroxylation sites is 1. The van der Waals surface area contributed by atoms with Crippen LogP contribution in [0.4, 0.5) is 4.39 Å². The first-order chi connectivity index (χ1) is 10.8. The molecule has 0 spiro atoms. The maximum atomic E-state index is 13.0. The number of aromatic nitrogens is 1. The van der Waals surface area contributed by atoms with E-state index in [2.05, 4.69) is 10.1 Å². The smallest absolute Gasteiger partial charge is 0.166 e. The summed E-state index contributed by atoms with van der Waals surface area (Å²) in [5.41, 5.74) is 7.82. The number of halogens is 2. The average Bonchev–Trinajstić information content (AvgIpc) is 3.02. The van der Waals surface area contributed by atoms with Gasteiger partial charge in [-0.2, -0.15) is 0 Å². The van der Waals surface area contributed by atoms with Gasteiger partial charge in [0.1, 0.15) is 18.2 Å². The Balaban J connectivity index is 0.00000192. The summed E-state index contributed by atoms with van der Waals surface area (Å²) < 4.78 is 18.8.